The summed E-state index contributed by atoms with van der Waals surface area (Å²) in [5.74, 6) is -0.485. The molecule has 6 rings (SSSR count). The Bertz CT molecular complexity index is 1660. The van der Waals surface area contributed by atoms with Crippen molar-refractivity contribution in [1.82, 2.24) is 19.8 Å². The van der Waals surface area contributed by atoms with Gasteiger partial charge in [-0.1, -0.05) is 36.5 Å². The van der Waals surface area contributed by atoms with Crippen molar-refractivity contribution in [2.24, 2.45) is 5.92 Å². The molecule has 0 radical (unpaired) electrons. The van der Waals surface area contributed by atoms with Crippen molar-refractivity contribution in [3.8, 4) is 11.1 Å². The van der Waals surface area contributed by atoms with E-state index in [-0.39, 0.29) is 29.6 Å². The highest BCUT2D eigenvalue weighted by Crippen LogP contribution is 2.35. The minimum absolute atomic E-state index is 0.0274. The summed E-state index contributed by atoms with van der Waals surface area (Å²) in [5.41, 5.74) is 1.86. The fraction of sp³-hybridized carbons (Fsp3) is 0.355. The van der Waals surface area contributed by atoms with Gasteiger partial charge in [-0.3, -0.25) is 14.5 Å². The number of likely N-dealkylation sites (N-methyl/N-ethyl adjacent to an activating group) is 1. The Balaban J connectivity index is 1.17. The normalized spacial score (nSPS) is 16.4. The summed E-state index contributed by atoms with van der Waals surface area (Å²) in [7, 11) is 0. The van der Waals surface area contributed by atoms with Crippen LogP contribution in [0.25, 0.3) is 21.5 Å². The molecule has 1 aliphatic heterocycles. The van der Waals surface area contributed by atoms with Crippen LogP contribution < -0.4 is 10.6 Å². The SMILES string of the molecule is CCN1CCN(Cc2ccc(NC(=O)c3cccc(-c4cnc5sc(NC(=O)C6CC6)nc5c4)c3)cc2C(F)(F)F)CC1. The molecule has 224 valence electrons. The molecule has 2 amide bonds. The quantitative estimate of drug-likeness (QED) is 0.251. The van der Waals surface area contributed by atoms with Gasteiger partial charge < -0.3 is 15.5 Å². The lowest BCUT2D eigenvalue weighted by Crippen LogP contribution is -2.45. The van der Waals surface area contributed by atoms with E-state index in [4.69, 9.17) is 0 Å². The number of aromatic nitrogens is 2. The predicted octanol–water partition coefficient (Wildman–Crippen LogP) is 6.12. The molecule has 1 aliphatic carbocycles. The van der Waals surface area contributed by atoms with E-state index >= 15 is 0 Å². The maximum absolute atomic E-state index is 14.0. The van der Waals surface area contributed by atoms with Gasteiger partial charge in [0.25, 0.3) is 5.91 Å². The molecule has 1 saturated carbocycles. The number of piperazine rings is 1. The molecule has 2 aliphatic rings. The number of nitrogens with one attached hydrogen (secondary N) is 2. The number of anilines is 2. The second-order valence-corrected chi connectivity index (χ2v) is 11.9. The molecule has 0 spiro atoms. The van der Waals surface area contributed by atoms with Crippen molar-refractivity contribution in [3.63, 3.8) is 0 Å². The lowest BCUT2D eigenvalue weighted by molar-refractivity contribution is -0.138. The second-order valence-electron chi connectivity index (χ2n) is 10.9. The summed E-state index contributed by atoms with van der Waals surface area (Å²) >= 11 is 1.30. The molecule has 0 unspecified atom stereocenters. The topological polar surface area (TPSA) is 90.5 Å². The van der Waals surface area contributed by atoms with Crippen molar-refractivity contribution in [1.29, 1.82) is 0 Å². The molecule has 2 fully saturated rings. The molecule has 8 nitrogen and oxygen atoms in total. The number of carbonyl (C=O) groups is 2. The Morgan fingerprint density at radius 3 is 2.47 bits per heavy atom. The number of thiazole rings is 1. The number of hydrogen-bond acceptors (Lipinski definition) is 7. The number of benzene rings is 2. The number of alkyl halides is 3. The highest BCUT2D eigenvalue weighted by molar-refractivity contribution is 7.21. The average molecular weight is 609 g/mol. The van der Waals surface area contributed by atoms with Gasteiger partial charge in [0.2, 0.25) is 5.91 Å². The predicted molar refractivity (Wildman–Crippen MR) is 161 cm³/mol. The third kappa shape index (κ3) is 6.87. The third-order valence-electron chi connectivity index (χ3n) is 7.86. The van der Waals surface area contributed by atoms with E-state index in [0.717, 1.165) is 44.1 Å². The molecular weight excluding hydrogens is 577 g/mol. The highest BCUT2D eigenvalue weighted by Gasteiger charge is 2.34. The summed E-state index contributed by atoms with van der Waals surface area (Å²) in [4.78, 5) is 39.2. The smallest absolute Gasteiger partial charge is 0.322 e. The van der Waals surface area contributed by atoms with E-state index in [1.807, 2.05) is 17.0 Å². The first-order valence-electron chi connectivity index (χ1n) is 14.3. The maximum Gasteiger partial charge on any atom is 0.416 e. The molecule has 2 aromatic heterocycles. The van der Waals surface area contributed by atoms with Gasteiger partial charge in [0, 0.05) is 61.7 Å². The Labute approximate surface area is 250 Å². The zero-order chi connectivity index (χ0) is 30.1. The Morgan fingerprint density at radius 2 is 1.74 bits per heavy atom. The van der Waals surface area contributed by atoms with Crippen LogP contribution in [0.4, 0.5) is 24.0 Å². The molecule has 0 bridgehead atoms. The number of amides is 2. The van der Waals surface area contributed by atoms with Crippen molar-refractivity contribution < 1.29 is 22.8 Å². The van der Waals surface area contributed by atoms with Crippen LogP contribution in [0, 0.1) is 5.92 Å². The first-order valence-corrected chi connectivity index (χ1v) is 15.1. The number of pyridine rings is 1. The summed E-state index contributed by atoms with van der Waals surface area (Å²) in [6, 6.07) is 12.6. The zero-order valence-electron chi connectivity index (χ0n) is 23.6. The van der Waals surface area contributed by atoms with E-state index in [9.17, 15) is 22.8 Å². The van der Waals surface area contributed by atoms with E-state index in [0.29, 0.717) is 39.7 Å². The molecule has 2 N–H and O–H groups in total. The molecular formula is C31H31F3N6O2S. The summed E-state index contributed by atoms with van der Waals surface area (Å²) < 4.78 is 42.1. The highest BCUT2D eigenvalue weighted by atomic mass is 32.1. The summed E-state index contributed by atoms with van der Waals surface area (Å²) in [5, 5.41) is 5.97. The van der Waals surface area contributed by atoms with E-state index in [1.165, 1.54) is 23.5 Å². The fourth-order valence-electron chi connectivity index (χ4n) is 5.19. The number of halogens is 3. The molecule has 2 aromatic carbocycles. The number of rotatable bonds is 8. The largest absolute Gasteiger partial charge is 0.416 e. The van der Waals surface area contributed by atoms with E-state index < -0.39 is 17.6 Å². The first kappa shape index (κ1) is 29.2. The molecule has 0 atom stereocenters. The zero-order valence-corrected chi connectivity index (χ0v) is 24.4. The van der Waals surface area contributed by atoms with Gasteiger partial charge in [-0.15, -0.1) is 0 Å². The van der Waals surface area contributed by atoms with E-state index in [1.54, 1.807) is 24.4 Å². The van der Waals surface area contributed by atoms with Gasteiger partial charge in [0.05, 0.1) is 5.56 Å². The summed E-state index contributed by atoms with van der Waals surface area (Å²) in [6.45, 7) is 6.30. The Morgan fingerprint density at radius 1 is 0.977 bits per heavy atom. The number of carbonyl (C=O) groups excluding carboxylic acids is 2. The number of fused-ring (bicyclic) bond motifs is 1. The van der Waals surface area contributed by atoms with Crippen LogP contribution in [0.3, 0.4) is 0 Å². The van der Waals surface area contributed by atoms with Crippen LogP contribution in [0.5, 0.6) is 0 Å². The van der Waals surface area contributed by atoms with Gasteiger partial charge in [0.1, 0.15) is 10.3 Å². The van der Waals surface area contributed by atoms with E-state index in [2.05, 4.69) is 32.4 Å². The van der Waals surface area contributed by atoms with Crippen LogP contribution in [0.1, 0.15) is 41.3 Å². The molecule has 3 heterocycles. The van der Waals surface area contributed by atoms with Crippen LogP contribution >= 0.6 is 11.3 Å². The van der Waals surface area contributed by atoms with Crippen LogP contribution in [0.2, 0.25) is 0 Å². The minimum atomic E-state index is -4.55. The maximum atomic E-state index is 14.0. The van der Waals surface area contributed by atoms with Gasteiger partial charge >= 0.3 is 6.18 Å². The molecule has 12 heteroatoms. The van der Waals surface area contributed by atoms with Crippen molar-refractivity contribution in [2.45, 2.75) is 32.5 Å². The average Bonchev–Trinajstić information content (AvgIpc) is 3.78. The van der Waals surface area contributed by atoms with Crippen molar-refractivity contribution in [3.05, 3.63) is 71.4 Å². The third-order valence-corrected chi connectivity index (χ3v) is 8.76. The molecule has 4 aromatic rings. The number of hydrogen-bond donors (Lipinski definition) is 2. The van der Waals surface area contributed by atoms with Crippen LogP contribution in [-0.2, 0) is 17.5 Å². The van der Waals surface area contributed by atoms with Crippen LogP contribution in [-0.4, -0.2) is 64.3 Å². The molecule has 1 saturated heterocycles. The standard InChI is InChI=1S/C31H31F3N6O2S/c1-2-39-10-12-40(13-11-39)18-22-8-9-24(16-25(22)31(32,33)34)36-28(42)21-5-3-4-20(14-21)23-15-26-29(35-17-23)43-30(37-26)38-27(41)19-6-7-19/h3-5,8-9,14-17,19H,2,6-7,10-13,18H2,1H3,(H,36,42)(H,37,38,41). The van der Waals surface area contributed by atoms with Gasteiger partial charge in [0.15, 0.2) is 5.13 Å². The minimum Gasteiger partial charge on any atom is -0.322 e. The fourth-order valence-corrected chi connectivity index (χ4v) is 5.98. The molecule has 43 heavy (non-hydrogen) atoms. The summed E-state index contributed by atoms with van der Waals surface area (Å²) in [6.07, 6.45) is -1.09. The Kier molecular flexibility index (Phi) is 8.17. The monoisotopic (exact) mass is 608 g/mol. The van der Waals surface area contributed by atoms with Crippen molar-refractivity contribution >= 4 is 44.3 Å². The van der Waals surface area contributed by atoms with Crippen molar-refractivity contribution in [2.75, 3.05) is 43.4 Å². The first-order chi connectivity index (χ1) is 20.7. The number of nitrogens with zero attached hydrogens (tertiary/aromatic N) is 4. The second kappa shape index (κ2) is 12.0. The van der Waals surface area contributed by atoms with Gasteiger partial charge in [-0.05, 0) is 60.8 Å². The van der Waals surface area contributed by atoms with Crippen LogP contribution in [0.15, 0.2) is 54.7 Å². The van der Waals surface area contributed by atoms with Gasteiger partial charge in [-0.25, -0.2) is 9.97 Å². The lowest BCUT2D eigenvalue weighted by Gasteiger charge is -2.34. The Hall–Kier alpha value is -3.87. The lowest BCUT2D eigenvalue weighted by atomic mass is 10.0. The van der Waals surface area contributed by atoms with Gasteiger partial charge in [-0.2, -0.15) is 13.2 Å².